The minimum atomic E-state index is -0.406. The molecule has 0 aromatic heterocycles. The molecule has 0 saturated heterocycles. The first kappa shape index (κ1) is 13.1. The van der Waals surface area contributed by atoms with E-state index in [-0.39, 0.29) is 5.33 Å². The van der Waals surface area contributed by atoms with Gasteiger partial charge in [0.2, 0.25) is 11.6 Å². The van der Waals surface area contributed by atoms with Crippen LogP contribution in [0.15, 0.2) is 18.2 Å². The lowest BCUT2D eigenvalue weighted by Crippen LogP contribution is -2.16. The Morgan fingerprint density at radius 3 is 2.44 bits per heavy atom. The highest BCUT2D eigenvalue weighted by Crippen LogP contribution is 2.19. The molecule has 0 unspecified atom stereocenters. The van der Waals surface area contributed by atoms with Crippen LogP contribution in [0.4, 0.5) is 0 Å². The molecule has 0 heterocycles. The minimum absolute atomic E-state index is 0.0805. The largest absolute Gasteiger partial charge is 0.290 e. The number of carbonyl (C=O) groups is 2. The van der Waals surface area contributed by atoms with Crippen LogP contribution in [-0.4, -0.2) is 16.9 Å². The molecule has 0 aliphatic carbocycles. The summed E-state index contributed by atoms with van der Waals surface area (Å²) in [6, 6.07) is 5.71. The molecule has 86 valence electrons. The molecule has 0 N–H and O–H groups in total. The Kier molecular flexibility index (Phi) is 4.42. The van der Waals surface area contributed by atoms with Gasteiger partial charge in [0.05, 0.1) is 5.33 Å². The van der Waals surface area contributed by atoms with Crippen LogP contribution in [0.2, 0.25) is 0 Å². The molecular formula is C13H15BrO2. The average molecular weight is 283 g/mol. The Morgan fingerprint density at radius 1 is 1.31 bits per heavy atom. The van der Waals surface area contributed by atoms with Crippen molar-refractivity contribution in [1.82, 2.24) is 0 Å². The minimum Gasteiger partial charge on any atom is -0.290 e. The van der Waals surface area contributed by atoms with Gasteiger partial charge in [0.15, 0.2) is 0 Å². The molecule has 2 nitrogen and oxygen atoms in total. The van der Waals surface area contributed by atoms with Gasteiger partial charge in [-0.05, 0) is 30.0 Å². The van der Waals surface area contributed by atoms with Gasteiger partial charge in [-0.2, -0.15) is 0 Å². The molecule has 0 radical (unpaired) electrons. The van der Waals surface area contributed by atoms with E-state index >= 15 is 0 Å². The lowest BCUT2D eigenvalue weighted by molar-refractivity contribution is -0.112. The van der Waals surface area contributed by atoms with Gasteiger partial charge >= 0.3 is 0 Å². The van der Waals surface area contributed by atoms with Crippen LogP contribution in [0.25, 0.3) is 0 Å². The Balaban J connectivity index is 3.17. The summed E-state index contributed by atoms with van der Waals surface area (Å²) in [4.78, 5) is 23.1. The van der Waals surface area contributed by atoms with Crippen LogP contribution in [0.1, 0.15) is 41.3 Å². The fourth-order valence-electron chi connectivity index (χ4n) is 1.45. The molecular weight excluding hydrogens is 268 g/mol. The number of alkyl halides is 1. The third-order valence-electron chi connectivity index (χ3n) is 2.55. The Labute approximate surface area is 104 Å². The van der Waals surface area contributed by atoms with E-state index < -0.39 is 11.6 Å². The molecule has 0 aliphatic rings. The van der Waals surface area contributed by atoms with Crippen LogP contribution in [0.5, 0.6) is 0 Å². The molecule has 3 heteroatoms. The number of ketones is 2. The Bertz CT molecular complexity index is 422. The summed E-state index contributed by atoms with van der Waals surface area (Å²) < 4.78 is 0. The summed E-state index contributed by atoms with van der Waals surface area (Å²) in [5.41, 5.74) is 2.45. The fraction of sp³-hybridized carbons (Fsp3) is 0.385. The number of benzene rings is 1. The summed E-state index contributed by atoms with van der Waals surface area (Å²) in [5.74, 6) is -0.452. The van der Waals surface area contributed by atoms with Gasteiger partial charge in [-0.15, -0.1) is 0 Å². The van der Waals surface area contributed by atoms with Crippen molar-refractivity contribution in [3.05, 3.63) is 34.9 Å². The van der Waals surface area contributed by atoms with Crippen LogP contribution in [-0.2, 0) is 4.79 Å². The zero-order valence-electron chi connectivity index (χ0n) is 9.71. The second kappa shape index (κ2) is 5.39. The summed E-state index contributed by atoms with van der Waals surface area (Å²) in [6.07, 6.45) is 0. The van der Waals surface area contributed by atoms with E-state index in [0.717, 1.165) is 11.1 Å². The van der Waals surface area contributed by atoms with E-state index in [4.69, 9.17) is 0 Å². The molecule has 1 aromatic rings. The molecule has 0 aliphatic heterocycles. The summed E-state index contributed by atoms with van der Waals surface area (Å²) in [6.45, 7) is 5.97. The van der Waals surface area contributed by atoms with Crippen LogP contribution < -0.4 is 0 Å². The van der Waals surface area contributed by atoms with E-state index in [1.54, 1.807) is 0 Å². The second-order valence-electron chi connectivity index (χ2n) is 4.11. The highest BCUT2D eigenvalue weighted by atomic mass is 79.9. The molecule has 0 bridgehead atoms. The Morgan fingerprint density at radius 2 is 1.94 bits per heavy atom. The maximum Gasteiger partial charge on any atom is 0.229 e. The number of aryl methyl sites for hydroxylation is 1. The van der Waals surface area contributed by atoms with Gasteiger partial charge in [0, 0.05) is 5.56 Å². The zero-order valence-corrected chi connectivity index (χ0v) is 11.3. The summed E-state index contributed by atoms with van der Waals surface area (Å²) in [7, 11) is 0. The first-order chi connectivity index (χ1) is 7.47. The van der Waals surface area contributed by atoms with Gasteiger partial charge in [-0.25, -0.2) is 0 Å². The van der Waals surface area contributed by atoms with Gasteiger partial charge < -0.3 is 0 Å². The first-order valence-corrected chi connectivity index (χ1v) is 6.33. The first-order valence-electron chi connectivity index (χ1n) is 5.21. The molecule has 0 amide bonds. The number of Topliss-reactive ketones (excluding diaryl/α,β-unsaturated/α-hetero) is 2. The van der Waals surface area contributed by atoms with Gasteiger partial charge in [0.25, 0.3) is 0 Å². The molecule has 1 aromatic carbocycles. The molecule has 0 fully saturated rings. The van der Waals surface area contributed by atoms with Crippen molar-refractivity contribution >= 4 is 27.5 Å². The van der Waals surface area contributed by atoms with Crippen LogP contribution in [0.3, 0.4) is 0 Å². The van der Waals surface area contributed by atoms with Gasteiger partial charge in [-0.3, -0.25) is 9.59 Å². The predicted octanol–water partition coefficient (Wildman–Crippen LogP) is 3.27. The summed E-state index contributed by atoms with van der Waals surface area (Å²) in [5, 5.41) is 0.0805. The topological polar surface area (TPSA) is 34.1 Å². The third kappa shape index (κ3) is 2.79. The van der Waals surface area contributed by atoms with E-state index in [2.05, 4.69) is 29.8 Å². The predicted molar refractivity (Wildman–Crippen MR) is 68.4 cm³/mol. The standard InChI is InChI=1S/C13H15BrO2/c1-8(2)10-5-4-9(3)11(6-10)13(16)12(15)7-14/h4-6,8H,7H2,1-3H3. The van der Waals surface area contributed by atoms with Crippen molar-refractivity contribution in [3.8, 4) is 0 Å². The maximum absolute atomic E-state index is 11.8. The number of halogens is 1. The van der Waals surface area contributed by atoms with E-state index in [1.807, 2.05) is 25.1 Å². The van der Waals surface area contributed by atoms with E-state index in [1.165, 1.54) is 0 Å². The van der Waals surface area contributed by atoms with Crippen LogP contribution >= 0.6 is 15.9 Å². The SMILES string of the molecule is Cc1ccc(C(C)C)cc1C(=O)C(=O)CBr. The third-order valence-corrected chi connectivity index (χ3v) is 3.06. The second-order valence-corrected chi connectivity index (χ2v) is 4.68. The Hall–Kier alpha value is -0.960. The highest BCUT2D eigenvalue weighted by Gasteiger charge is 2.17. The molecule has 0 atom stereocenters. The lowest BCUT2D eigenvalue weighted by atomic mass is 9.95. The number of carbonyl (C=O) groups excluding carboxylic acids is 2. The normalized spacial score (nSPS) is 10.6. The van der Waals surface area contributed by atoms with Gasteiger partial charge in [0.1, 0.15) is 0 Å². The molecule has 16 heavy (non-hydrogen) atoms. The van der Waals surface area contributed by atoms with Crippen molar-refractivity contribution < 1.29 is 9.59 Å². The maximum atomic E-state index is 11.8. The molecule has 0 spiro atoms. The highest BCUT2D eigenvalue weighted by molar-refractivity contribution is 9.09. The lowest BCUT2D eigenvalue weighted by Gasteiger charge is -2.09. The number of rotatable bonds is 4. The quantitative estimate of drug-likeness (QED) is 0.483. The average Bonchev–Trinajstić information content (AvgIpc) is 2.27. The monoisotopic (exact) mass is 282 g/mol. The zero-order chi connectivity index (χ0) is 12.3. The van der Waals surface area contributed by atoms with Crippen molar-refractivity contribution in [2.45, 2.75) is 26.7 Å². The van der Waals surface area contributed by atoms with Crippen molar-refractivity contribution in [2.24, 2.45) is 0 Å². The molecule has 1 rings (SSSR count). The van der Waals surface area contributed by atoms with Crippen molar-refractivity contribution in [2.75, 3.05) is 5.33 Å². The number of hydrogen-bond acceptors (Lipinski definition) is 2. The van der Waals surface area contributed by atoms with Crippen LogP contribution in [0, 0.1) is 6.92 Å². The van der Waals surface area contributed by atoms with E-state index in [0.29, 0.717) is 11.5 Å². The number of hydrogen-bond donors (Lipinski definition) is 0. The molecule has 0 saturated carbocycles. The smallest absolute Gasteiger partial charge is 0.229 e. The van der Waals surface area contributed by atoms with Crippen molar-refractivity contribution in [1.29, 1.82) is 0 Å². The summed E-state index contributed by atoms with van der Waals surface area (Å²) >= 11 is 3.01. The van der Waals surface area contributed by atoms with Crippen molar-refractivity contribution in [3.63, 3.8) is 0 Å². The van der Waals surface area contributed by atoms with Gasteiger partial charge in [-0.1, -0.05) is 41.9 Å². The van der Waals surface area contributed by atoms with E-state index in [9.17, 15) is 9.59 Å². The fourth-order valence-corrected chi connectivity index (χ4v) is 1.71.